The lowest BCUT2D eigenvalue weighted by atomic mass is 10.1. The van der Waals surface area contributed by atoms with Crippen LogP contribution in [0.25, 0.3) is 0 Å². The van der Waals surface area contributed by atoms with Crippen molar-refractivity contribution in [2.24, 2.45) is 11.7 Å². The summed E-state index contributed by atoms with van der Waals surface area (Å²) in [5.41, 5.74) is 5.22. The zero-order valence-corrected chi connectivity index (χ0v) is 11.8. The normalized spacial score (nSPS) is 13.2. The maximum absolute atomic E-state index is 12.0. The van der Waals surface area contributed by atoms with Crippen LogP contribution in [-0.2, 0) is 14.8 Å². The molecule has 20 heavy (non-hydrogen) atoms. The van der Waals surface area contributed by atoms with E-state index in [4.69, 9.17) is 10.8 Å². The molecule has 1 amide bonds. The number of aliphatic carboxylic acids is 1. The highest BCUT2D eigenvalue weighted by Crippen LogP contribution is 2.13. The van der Waals surface area contributed by atoms with Gasteiger partial charge in [0.25, 0.3) is 0 Å². The van der Waals surface area contributed by atoms with E-state index in [2.05, 4.69) is 4.72 Å². The van der Waals surface area contributed by atoms with E-state index >= 15 is 0 Å². The van der Waals surface area contributed by atoms with Gasteiger partial charge in [-0.05, 0) is 30.2 Å². The fraction of sp³-hybridized carbons (Fsp3) is 0.333. The molecule has 1 aromatic rings. The number of hydrogen-bond acceptors (Lipinski definition) is 4. The van der Waals surface area contributed by atoms with Crippen molar-refractivity contribution >= 4 is 21.9 Å². The Morgan fingerprint density at radius 2 is 1.70 bits per heavy atom. The van der Waals surface area contributed by atoms with Crippen molar-refractivity contribution in [3.8, 4) is 0 Å². The van der Waals surface area contributed by atoms with Crippen molar-refractivity contribution < 1.29 is 23.1 Å². The van der Waals surface area contributed by atoms with Crippen LogP contribution in [0.3, 0.4) is 0 Å². The van der Waals surface area contributed by atoms with Crippen LogP contribution < -0.4 is 10.5 Å². The molecule has 1 rings (SSSR count). The molecule has 0 saturated heterocycles. The molecular formula is C12H16N2O5S. The smallest absolute Gasteiger partial charge is 0.322 e. The Kier molecular flexibility index (Phi) is 4.85. The summed E-state index contributed by atoms with van der Waals surface area (Å²) in [6.45, 7) is 3.19. The van der Waals surface area contributed by atoms with Gasteiger partial charge in [-0.15, -0.1) is 0 Å². The Hall–Kier alpha value is -1.93. The van der Waals surface area contributed by atoms with Crippen LogP contribution in [0.15, 0.2) is 29.2 Å². The number of sulfonamides is 1. The van der Waals surface area contributed by atoms with E-state index in [9.17, 15) is 18.0 Å². The predicted octanol–water partition coefficient (Wildman–Crippen LogP) is 0.173. The number of nitrogens with two attached hydrogens (primary N) is 1. The molecule has 0 spiro atoms. The Morgan fingerprint density at radius 1 is 1.20 bits per heavy atom. The third-order valence-electron chi connectivity index (χ3n) is 2.66. The van der Waals surface area contributed by atoms with Gasteiger partial charge in [-0.25, -0.2) is 8.42 Å². The van der Waals surface area contributed by atoms with Crippen molar-refractivity contribution in [2.75, 3.05) is 0 Å². The molecule has 4 N–H and O–H groups in total. The Bertz CT molecular complexity index is 607. The van der Waals surface area contributed by atoms with Crippen LogP contribution in [-0.4, -0.2) is 31.4 Å². The second-order valence-electron chi connectivity index (χ2n) is 4.57. The second-order valence-corrected chi connectivity index (χ2v) is 6.28. The van der Waals surface area contributed by atoms with Gasteiger partial charge in [0.2, 0.25) is 15.9 Å². The fourth-order valence-electron chi connectivity index (χ4n) is 1.51. The summed E-state index contributed by atoms with van der Waals surface area (Å²) in [6.07, 6.45) is 0. The quantitative estimate of drug-likeness (QED) is 0.690. The van der Waals surface area contributed by atoms with Crippen LogP contribution in [0.2, 0.25) is 0 Å². The number of amides is 1. The largest absolute Gasteiger partial charge is 0.480 e. The van der Waals surface area contributed by atoms with Crippen LogP contribution in [0.1, 0.15) is 24.2 Å². The number of carboxylic acids is 1. The van der Waals surface area contributed by atoms with E-state index in [-0.39, 0.29) is 10.5 Å². The lowest BCUT2D eigenvalue weighted by Crippen LogP contribution is -2.44. The van der Waals surface area contributed by atoms with Crippen LogP contribution >= 0.6 is 0 Å². The highest BCUT2D eigenvalue weighted by atomic mass is 32.2. The summed E-state index contributed by atoms with van der Waals surface area (Å²) in [7, 11) is -3.97. The van der Waals surface area contributed by atoms with Gasteiger partial charge >= 0.3 is 5.97 Å². The molecule has 110 valence electrons. The van der Waals surface area contributed by atoms with Gasteiger partial charge in [-0.3, -0.25) is 9.59 Å². The van der Waals surface area contributed by atoms with Crippen molar-refractivity contribution in [1.82, 2.24) is 4.72 Å². The Balaban J connectivity index is 3.04. The number of carbonyl (C=O) groups is 2. The maximum atomic E-state index is 12.0. The average Bonchev–Trinajstić information content (AvgIpc) is 2.35. The minimum Gasteiger partial charge on any atom is -0.480 e. The molecule has 0 aliphatic rings. The van der Waals surface area contributed by atoms with Gasteiger partial charge in [0.15, 0.2) is 0 Å². The molecule has 7 nitrogen and oxygen atoms in total. The molecule has 0 radical (unpaired) electrons. The van der Waals surface area contributed by atoms with E-state index < -0.39 is 33.9 Å². The number of rotatable bonds is 6. The minimum atomic E-state index is -3.97. The third kappa shape index (κ3) is 3.78. The molecule has 1 unspecified atom stereocenters. The van der Waals surface area contributed by atoms with Gasteiger partial charge in [-0.1, -0.05) is 13.8 Å². The summed E-state index contributed by atoms with van der Waals surface area (Å²) in [5, 5.41) is 8.98. The standard InChI is InChI=1S/C12H16N2O5S/c1-7(2)10(12(16)17)14-20(18,19)9-5-3-8(4-6-9)11(13)15/h3-7,10,14H,1-2H3,(H2,13,15)(H,16,17). The fourth-order valence-corrected chi connectivity index (χ4v) is 2.84. The summed E-state index contributed by atoms with van der Waals surface area (Å²) >= 11 is 0. The zero-order valence-electron chi connectivity index (χ0n) is 11.0. The topological polar surface area (TPSA) is 127 Å². The molecule has 0 heterocycles. The molecular weight excluding hydrogens is 284 g/mol. The Labute approximate surface area is 116 Å². The van der Waals surface area contributed by atoms with E-state index in [0.29, 0.717) is 0 Å². The van der Waals surface area contributed by atoms with E-state index in [1.807, 2.05) is 0 Å². The van der Waals surface area contributed by atoms with Gasteiger partial charge < -0.3 is 10.8 Å². The third-order valence-corrected chi connectivity index (χ3v) is 4.12. The predicted molar refractivity (Wildman–Crippen MR) is 71.5 cm³/mol. The SMILES string of the molecule is CC(C)C(NS(=O)(=O)c1ccc(C(N)=O)cc1)C(=O)O. The number of nitrogens with one attached hydrogen (secondary N) is 1. The van der Waals surface area contributed by atoms with Crippen molar-refractivity contribution in [3.05, 3.63) is 29.8 Å². The molecule has 0 saturated carbocycles. The summed E-state index contributed by atoms with van der Waals surface area (Å²) in [6, 6.07) is 3.70. The lowest BCUT2D eigenvalue weighted by molar-refractivity contribution is -0.140. The monoisotopic (exact) mass is 300 g/mol. The molecule has 0 aromatic heterocycles. The summed E-state index contributed by atoms with van der Waals surface area (Å²) in [4.78, 5) is 21.8. The van der Waals surface area contributed by atoms with Crippen LogP contribution in [0.4, 0.5) is 0 Å². The molecule has 8 heteroatoms. The molecule has 0 bridgehead atoms. The first-order valence-corrected chi connectivity index (χ1v) is 7.28. The van der Waals surface area contributed by atoms with Crippen LogP contribution in [0, 0.1) is 5.92 Å². The minimum absolute atomic E-state index is 0.130. The van der Waals surface area contributed by atoms with Gasteiger partial charge in [0.05, 0.1) is 4.90 Å². The molecule has 1 aromatic carbocycles. The van der Waals surface area contributed by atoms with Crippen molar-refractivity contribution in [2.45, 2.75) is 24.8 Å². The zero-order chi connectivity index (χ0) is 15.5. The first-order chi connectivity index (χ1) is 9.15. The number of hydrogen-bond donors (Lipinski definition) is 3. The van der Waals surface area contributed by atoms with Crippen molar-refractivity contribution in [1.29, 1.82) is 0 Å². The van der Waals surface area contributed by atoms with Crippen molar-refractivity contribution in [3.63, 3.8) is 0 Å². The maximum Gasteiger partial charge on any atom is 0.322 e. The number of primary amides is 1. The van der Waals surface area contributed by atoms with Gasteiger partial charge in [0, 0.05) is 5.56 Å². The molecule has 0 aliphatic carbocycles. The highest BCUT2D eigenvalue weighted by Gasteiger charge is 2.27. The first-order valence-electron chi connectivity index (χ1n) is 5.80. The summed E-state index contributed by atoms with van der Waals surface area (Å²) in [5.74, 6) is -2.34. The molecule has 0 aliphatic heterocycles. The average molecular weight is 300 g/mol. The van der Waals surface area contributed by atoms with Crippen LogP contribution in [0.5, 0.6) is 0 Å². The van der Waals surface area contributed by atoms with Gasteiger partial charge in [0.1, 0.15) is 6.04 Å². The lowest BCUT2D eigenvalue weighted by Gasteiger charge is -2.18. The molecule has 1 atom stereocenters. The Morgan fingerprint density at radius 3 is 2.05 bits per heavy atom. The highest BCUT2D eigenvalue weighted by molar-refractivity contribution is 7.89. The number of carboxylic acid groups (broad SMARTS) is 1. The van der Waals surface area contributed by atoms with E-state index in [1.165, 1.54) is 24.3 Å². The number of carbonyl (C=O) groups excluding carboxylic acids is 1. The first kappa shape index (κ1) is 16.1. The van der Waals surface area contributed by atoms with E-state index in [0.717, 1.165) is 0 Å². The molecule has 0 fully saturated rings. The van der Waals surface area contributed by atoms with Gasteiger partial charge in [-0.2, -0.15) is 4.72 Å². The summed E-state index contributed by atoms with van der Waals surface area (Å²) < 4.78 is 26.2. The second kappa shape index (κ2) is 6.02. The van der Waals surface area contributed by atoms with E-state index in [1.54, 1.807) is 13.8 Å². The number of benzene rings is 1.